The Morgan fingerprint density at radius 1 is 0.950 bits per heavy atom. The minimum atomic E-state index is -0.150. The Kier molecular flexibility index (Phi) is 18.6. The van der Waals surface area contributed by atoms with Crippen LogP contribution in [-0.2, 0) is 40.5 Å². The van der Waals surface area contributed by atoms with Crippen molar-refractivity contribution < 1.29 is 40.5 Å². The Morgan fingerprint density at radius 2 is 1.30 bits per heavy atom. The molecule has 1 heterocycles. The van der Waals surface area contributed by atoms with Crippen molar-refractivity contribution in [3.63, 3.8) is 0 Å². The molecule has 1 saturated carbocycles. The summed E-state index contributed by atoms with van der Waals surface area (Å²) in [5.41, 5.74) is 0.156. The van der Waals surface area contributed by atoms with Crippen molar-refractivity contribution in [2.24, 2.45) is 5.41 Å². The van der Waals surface area contributed by atoms with Crippen LogP contribution in [0.2, 0.25) is 0 Å². The van der Waals surface area contributed by atoms with E-state index in [2.05, 4.69) is 33.8 Å². The zero-order chi connectivity index (χ0) is 15.3. The fourth-order valence-corrected chi connectivity index (χ4v) is 1.43. The van der Waals surface area contributed by atoms with Crippen molar-refractivity contribution >= 4 is 0 Å². The van der Waals surface area contributed by atoms with Crippen LogP contribution in [0.5, 0.6) is 0 Å². The Hall–Kier alpha value is -0.341. The van der Waals surface area contributed by atoms with Crippen LogP contribution >= 0.6 is 0 Å². The van der Waals surface area contributed by atoms with Crippen molar-refractivity contribution in [3.8, 4) is 0 Å². The fraction of sp³-hybridized carbons (Fsp3) is 0.429. The molecule has 5 nitrogen and oxygen atoms in total. The molecule has 20 heavy (non-hydrogen) atoms. The summed E-state index contributed by atoms with van der Waals surface area (Å²) in [7, 11) is 0. The van der Waals surface area contributed by atoms with Gasteiger partial charge in [0.2, 0.25) is 0 Å². The molecule has 108 valence electrons. The number of hydrogen-bond acceptors (Lipinski definition) is 2. The van der Waals surface area contributed by atoms with Crippen LogP contribution in [0, 0.1) is 57.0 Å². The monoisotopic (exact) mass is 318 g/mol. The van der Waals surface area contributed by atoms with E-state index >= 15 is 0 Å². The summed E-state index contributed by atoms with van der Waals surface area (Å²) in [6.07, 6.45) is 7.92. The molecule has 1 aliphatic carbocycles. The second-order valence-corrected chi connectivity index (χ2v) is 4.34. The Bertz CT molecular complexity index is 255. The van der Waals surface area contributed by atoms with E-state index in [1.165, 1.54) is 0 Å². The maximum atomic E-state index is 7.50. The quantitative estimate of drug-likeness (QED) is 0.419. The van der Waals surface area contributed by atoms with E-state index in [9.17, 15) is 0 Å². The van der Waals surface area contributed by atoms with E-state index in [4.69, 9.17) is 23.4 Å². The van der Waals surface area contributed by atoms with Crippen LogP contribution in [0.3, 0.4) is 0 Å². The summed E-state index contributed by atoms with van der Waals surface area (Å²) in [4.78, 5) is 0. The van der Waals surface area contributed by atoms with Crippen molar-refractivity contribution in [2.45, 2.75) is 20.1 Å². The zero-order valence-corrected chi connectivity index (χ0v) is 12.4. The van der Waals surface area contributed by atoms with Crippen LogP contribution in [0.15, 0.2) is 0 Å². The standard InChI is InChI=1S/C11H15O2.3CO.Mn/c1-11(2)7-12-10(13-8-11)9-5-3-4-6-9;3*1-2;/h3-6,10H,7-8H2,1-2H3;;;;. The third kappa shape index (κ3) is 9.55. The Morgan fingerprint density at radius 3 is 1.65 bits per heavy atom. The average molecular weight is 318 g/mol. The molecule has 1 aliphatic heterocycles. The predicted molar refractivity (Wildman–Crippen MR) is 61.7 cm³/mol. The van der Waals surface area contributed by atoms with Gasteiger partial charge in [-0.25, -0.2) is 0 Å². The first kappa shape index (κ1) is 24.7. The summed E-state index contributed by atoms with van der Waals surface area (Å²) in [6, 6.07) is 0. The summed E-state index contributed by atoms with van der Waals surface area (Å²) in [5.74, 6) is 1.12. The van der Waals surface area contributed by atoms with Gasteiger partial charge in [0.25, 0.3) is 0 Å². The Balaban J connectivity index is -0.000000368. The van der Waals surface area contributed by atoms with Gasteiger partial charge in [-0.2, -0.15) is 0 Å². The number of rotatable bonds is 1. The van der Waals surface area contributed by atoms with Gasteiger partial charge in [0.05, 0.1) is 13.2 Å². The third-order valence-corrected chi connectivity index (χ3v) is 2.21. The topological polar surface area (TPSA) is 78.2 Å². The zero-order valence-electron chi connectivity index (χ0n) is 11.2. The van der Waals surface area contributed by atoms with E-state index in [0.717, 1.165) is 19.1 Å². The molecule has 0 aromatic rings. The first-order valence-corrected chi connectivity index (χ1v) is 5.23. The molecule has 0 unspecified atom stereocenters. The normalized spacial score (nSPS) is 20.4. The maximum Gasteiger partial charge on any atom is 0 e. The van der Waals surface area contributed by atoms with Crippen LogP contribution in [0.25, 0.3) is 0 Å². The molecular weight excluding hydrogens is 303 g/mol. The fourth-order valence-electron chi connectivity index (χ4n) is 1.43. The first-order valence-electron chi connectivity index (χ1n) is 5.23. The molecule has 0 spiro atoms. The molecule has 0 amide bonds. The average Bonchev–Trinajstić information content (AvgIpc) is 3.00. The minimum absolute atomic E-state index is 0. The summed E-state index contributed by atoms with van der Waals surface area (Å²) in [5, 5.41) is 0. The third-order valence-electron chi connectivity index (χ3n) is 2.21. The van der Waals surface area contributed by atoms with Crippen LogP contribution in [0.4, 0.5) is 0 Å². The van der Waals surface area contributed by atoms with Gasteiger partial charge >= 0.3 is 33.9 Å². The molecule has 2 fully saturated rings. The molecule has 1 saturated heterocycles. The second kappa shape index (κ2) is 15.1. The molecule has 2 aliphatic rings. The Labute approximate surface area is 131 Å². The van der Waals surface area contributed by atoms with Crippen LogP contribution in [0.1, 0.15) is 13.8 Å². The predicted octanol–water partition coefficient (Wildman–Crippen LogP) is 1.68. The van der Waals surface area contributed by atoms with Gasteiger partial charge in [0.15, 0.2) is 6.29 Å². The van der Waals surface area contributed by atoms with Gasteiger partial charge in [-0.05, 0) is 25.7 Å². The van der Waals surface area contributed by atoms with Crippen molar-refractivity contribution in [3.05, 3.63) is 51.6 Å². The van der Waals surface area contributed by atoms with Crippen molar-refractivity contribution in [2.75, 3.05) is 13.2 Å². The largest absolute Gasteiger partial charge is 0 e. The van der Waals surface area contributed by atoms with Gasteiger partial charge in [0, 0.05) is 28.4 Å². The molecule has 0 aromatic carbocycles. The summed E-state index contributed by atoms with van der Waals surface area (Å²) < 4.78 is 33.7. The molecule has 0 bridgehead atoms. The summed E-state index contributed by atoms with van der Waals surface area (Å²) in [6.45, 7) is 19.3. The van der Waals surface area contributed by atoms with E-state index in [1.807, 2.05) is 25.7 Å². The molecule has 6 radical (unpaired) electrons. The van der Waals surface area contributed by atoms with Crippen molar-refractivity contribution in [1.82, 2.24) is 0 Å². The van der Waals surface area contributed by atoms with Gasteiger partial charge in [-0.15, -0.1) is 0 Å². The van der Waals surface area contributed by atoms with E-state index in [0.29, 0.717) is 0 Å². The number of ether oxygens (including phenoxy) is 2. The van der Waals surface area contributed by atoms with Gasteiger partial charge in [-0.3, -0.25) is 0 Å². The molecule has 6 heteroatoms. The van der Waals surface area contributed by atoms with Gasteiger partial charge < -0.3 is 9.47 Å². The van der Waals surface area contributed by atoms with E-state index < -0.39 is 0 Å². The van der Waals surface area contributed by atoms with E-state index in [1.54, 1.807) is 0 Å². The molecule has 2 rings (SSSR count). The van der Waals surface area contributed by atoms with Gasteiger partial charge in [0.1, 0.15) is 0 Å². The molecular formula is C14H15MnO5. The molecule has 0 aromatic heterocycles. The number of hydrogen-bond donors (Lipinski definition) is 0. The SMILES string of the molecule is CC1(C)COC([C]2[CH][CH][CH][CH]2)OC1.[C-]#[O+].[C-]#[O+].[C-]#[O+].[Mn]. The smallest absolute Gasteiger partial charge is 0 e. The van der Waals surface area contributed by atoms with Gasteiger partial charge in [-0.1, -0.05) is 13.8 Å². The minimum Gasteiger partial charge on any atom is 0 e. The first-order chi connectivity index (χ1) is 9.17. The van der Waals surface area contributed by atoms with E-state index in [-0.39, 0.29) is 28.8 Å². The maximum absolute atomic E-state index is 7.50. The van der Waals surface area contributed by atoms with Crippen molar-refractivity contribution in [1.29, 1.82) is 0 Å². The van der Waals surface area contributed by atoms with Crippen LogP contribution in [-0.4, -0.2) is 19.5 Å². The molecule has 0 N–H and O–H groups in total. The second-order valence-electron chi connectivity index (χ2n) is 4.34. The molecule has 0 atom stereocenters. The summed E-state index contributed by atoms with van der Waals surface area (Å²) >= 11 is 0. The van der Waals surface area contributed by atoms with Crippen LogP contribution < -0.4 is 0 Å².